The number of rotatable bonds is 6. The molecule has 2 aromatic rings. The van der Waals surface area contributed by atoms with Gasteiger partial charge in [0.25, 0.3) is 5.69 Å². The highest BCUT2D eigenvalue weighted by atomic mass is 16.6. The molecule has 0 spiro atoms. The van der Waals surface area contributed by atoms with Crippen LogP contribution < -0.4 is 15.4 Å². The van der Waals surface area contributed by atoms with Gasteiger partial charge in [-0.25, -0.2) is 0 Å². The second kappa shape index (κ2) is 7.26. The molecule has 2 rings (SSSR count). The SMILES string of the molecule is COc1ccccc1NC(C)C(=O)Nc1ccccc1[N+](=O)[O-]. The number of nitro groups is 1. The van der Waals surface area contributed by atoms with E-state index in [1.165, 1.54) is 12.1 Å². The molecule has 0 fully saturated rings. The zero-order chi connectivity index (χ0) is 16.8. The van der Waals surface area contributed by atoms with Crippen LogP contribution in [0.5, 0.6) is 5.75 Å². The van der Waals surface area contributed by atoms with Crippen molar-refractivity contribution in [2.75, 3.05) is 17.7 Å². The zero-order valence-electron chi connectivity index (χ0n) is 12.8. The van der Waals surface area contributed by atoms with E-state index in [1.54, 1.807) is 38.3 Å². The van der Waals surface area contributed by atoms with Gasteiger partial charge in [-0.05, 0) is 25.1 Å². The van der Waals surface area contributed by atoms with Crippen LogP contribution in [0, 0.1) is 10.1 Å². The van der Waals surface area contributed by atoms with Crippen LogP contribution in [0.15, 0.2) is 48.5 Å². The number of anilines is 2. The summed E-state index contributed by atoms with van der Waals surface area (Å²) in [6.45, 7) is 1.66. The third-order valence-corrected chi connectivity index (χ3v) is 3.23. The molecule has 0 aliphatic carbocycles. The standard InChI is InChI=1S/C16H17N3O4/c1-11(17-13-8-4-6-10-15(13)23-2)16(20)18-12-7-3-5-9-14(12)19(21)22/h3-11,17H,1-2H3,(H,18,20). The van der Waals surface area contributed by atoms with Crippen molar-refractivity contribution >= 4 is 23.0 Å². The Bertz CT molecular complexity index is 718. The molecule has 1 amide bonds. The summed E-state index contributed by atoms with van der Waals surface area (Å²) < 4.78 is 5.21. The highest BCUT2D eigenvalue weighted by Crippen LogP contribution is 2.25. The van der Waals surface area contributed by atoms with Crippen molar-refractivity contribution in [1.82, 2.24) is 0 Å². The molecule has 2 N–H and O–H groups in total. The first kappa shape index (κ1) is 16.3. The van der Waals surface area contributed by atoms with Gasteiger partial charge in [0.2, 0.25) is 5.91 Å². The van der Waals surface area contributed by atoms with Crippen LogP contribution in [0.2, 0.25) is 0 Å². The number of carbonyl (C=O) groups is 1. The fourth-order valence-corrected chi connectivity index (χ4v) is 2.04. The van der Waals surface area contributed by atoms with Crippen molar-refractivity contribution in [3.05, 3.63) is 58.6 Å². The van der Waals surface area contributed by atoms with Crippen molar-refractivity contribution in [3.63, 3.8) is 0 Å². The minimum Gasteiger partial charge on any atom is -0.495 e. The van der Waals surface area contributed by atoms with Crippen molar-refractivity contribution < 1.29 is 14.5 Å². The second-order valence-corrected chi connectivity index (χ2v) is 4.83. The van der Waals surface area contributed by atoms with Crippen LogP contribution in [0.3, 0.4) is 0 Å². The van der Waals surface area contributed by atoms with Gasteiger partial charge < -0.3 is 15.4 Å². The molecule has 0 radical (unpaired) electrons. The van der Waals surface area contributed by atoms with Gasteiger partial charge in [-0.15, -0.1) is 0 Å². The molecule has 1 unspecified atom stereocenters. The lowest BCUT2D eigenvalue weighted by Gasteiger charge is -2.17. The number of nitro benzene ring substituents is 1. The molecule has 120 valence electrons. The average molecular weight is 315 g/mol. The molecule has 23 heavy (non-hydrogen) atoms. The number of hydrogen-bond acceptors (Lipinski definition) is 5. The van der Waals surface area contributed by atoms with Crippen LogP contribution in [0.1, 0.15) is 6.92 Å². The summed E-state index contributed by atoms with van der Waals surface area (Å²) in [6, 6.07) is 12.6. The molecular formula is C16H17N3O4. The van der Waals surface area contributed by atoms with Crippen molar-refractivity contribution in [3.8, 4) is 5.75 Å². The summed E-state index contributed by atoms with van der Waals surface area (Å²) in [5.74, 6) is 0.225. The topological polar surface area (TPSA) is 93.5 Å². The Morgan fingerprint density at radius 1 is 1.13 bits per heavy atom. The maximum absolute atomic E-state index is 12.3. The van der Waals surface area contributed by atoms with E-state index in [9.17, 15) is 14.9 Å². The van der Waals surface area contributed by atoms with E-state index >= 15 is 0 Å². The lowest BCUT2D eigenvalue weighted by Crippen LogP contribution is -2.32. The Balaban J connectivity index is 2.10. The Hall–Kier alpha value is -3.09. The van der Waals surface area contributed by atoms with Crippen molar-refractivity contribution in [2.45, 2.75) is 13.0 Å². The quantitative estimate of drug-likeness (QED) is 0.631. The van der Waals surface area contributed by atoms with E-state index in [1.807, 2.05) is 12.1 Å². The third kappa shape index (κ3) is 3.97. The van der Waals surface area contributed by atoms with E-state index in [-0.39, 0.29) is 17.3 Å². The molecule has 0 heterocycles. The maximum Gasteiger partial charge on any atom is 0.292 e. The van der Waals surface area contributed by atoms with Crippen LogP contribution >= 0.6 is 0 Å². The number of methoxy groups -OCH3 is 1. The summed E-state index contributed by atoms with van der Waals surface area (Å²) >= 11 is 0. The fourth-order valence-electron chi connectivity index (χ4n) is 2.04. The van der Waals surface area contributed by atoms with Gasteiger partial charge in [0, 0.05) is 6.07 Å². The summed E-state index contributed by atoms with van der Waals surface area (Å²) in [5, 5.41) is 16.6. The van der Waals surface area contributed by atoms with Crippen molar-refractivity contribution in [1.29, 1.82) is 0 Å². The fraction of sp³-hybridized carbons (Fsp3) is 0.188. The Kier molecular flexibility index (Phi) is 5.14. The predicted octanol–water partition coefficient (Wildman–Crippen LogP) is 3.04. The number of amides is 1. The minimum atomic E-state index is -0.605. The summed E-state index contributed by atoms with van der Waals surface area (Å²) in [6.07, 6.45) is 0. The van der Waals surface area contributed by atoms with E-state index < -0.39 is 11.0 Å². The number of nitrogens with zero attached hydrogens (tertiary/aromatic N) is 1. The van der Waals surface area contributed by atoms with Crippen LogP contribution in [0.25, 0.3) is 0 Å². The molecule has 7 heteroatoms. The molecule has 0 saturated carbocycles. The van der Waals surface area contributed by atoms with Gasteiger partial charge in [-0.2, -0.15) is 0 Å². The van der Waals surface area contributed by atoms with Gasteiger partial charge in [0.05, 0.1) is 17.7 Å². The number of ether oxygens (including phenoxy) is 1. The molecule has 1 atom stereocenters. The predicted molar refractivity (Wildman–Crippen MR) is 87.8 cm³/mol. The smallest absolute Gasteiger partial charge is 0.292 e. The van der Waals surface area contributed by atoms with E-state index in [2.05, 4.69) is 10.6 Å². The molecule has 0 aliphatic rings. The largest absolute Gasteiger partial charge is 0.495 e. The molecule has 0 aromatic heterocycles. The Morgan fingerprint density at radius 2 is 1.74 bits per heavy atom. The van der Waals surface area contributed by atoms with E-state index in [0.29, 0.717) is 11.4 Å². The summed E-state index contributed by atoms with van der Waals surface area (Å²) in [4.78, 5) is 22.7. The summed E-state index contributed by atoms with van der Waals surface area (Å²) in [5.41, 5.74) is 0.682. The van der Waals surface area contributed by atoms with Gasteiger partial charge >= 0.3 is 0 Å². The number of carbonyl (C=O) groups excluding carboxylic acids is 1. The average Bonchev–Trinajstić information content (AvgIpc) is 2.55. The maximum atomic E-state index is 12.3. The normalized spacial score (nSPS) is 11.4. The minimum absolute atomic E-state index is 0.148. The first-order valence-electron chi connectivity index (χ1n) is 6.96. The van der Waals surface area contributed by atoms with Gasteiger partial charge in [0.15, 0.2) is 0 Å². The monoisotopic (exact) mass is 315 g/mol. The zero-order valence-corrected chi connectivity index (χ0v) is 12.8. The Labute approximate surface area is 133 Å². The molecule has 0 aliphatic heterocycles. The number of benzene rings is 2. The third-order valence-electron chi connectivity index (χ3n) is 3.23. The highest BCUT2D eigenvalue weighted by molar-refractivity contribution is 5.98. The number of nitrogens with one attached hydrogen (secondary N) is 2. The van der Waals surface area contributed by atoms with E-state index in [4.69, 9.17) is 4.74 Å². The Morgan fingerprint density at radius 3 is 2.39 bits per heavy atom. The first-order chi connectivity index (χ1) is 11.0. The van der Waals surface area contributed by atoms with E-state index in [0.717, 1.165) is 0 Å². The van der Waals surface area contributed by atoms with Crippen molar-refractivity contribution in [2.24, 2.45) is 0 Å². The molecule has 2 aromatic carbocycles. The lowest BCUT2D eigenvalue weighted by atomic mass is 10.2. The molecule has 7 nitrogen and oxygen atoms in total. The number of para-hydroxylation sites is 4. The molecular weight excluding hydrogens is 298 g/mol. The van der Waals surface area contributed by atoms with Gasteiger partial charge in [-0.1, -0.05) is 24.3 Å². The first-order valence-corrected chi connectivity index (χ1v) is 6.96. The summed E-state index contributed by atoms with van der Waals surface area (Å²) in [7, 11) is 1.54. The van der Waals surface area contributed by atoms with Crippen LogP contribution in [-0.2, 0) is 4.79 Å². The lowest BCUT2D eigenvalue weighted by molar-refractivity contribution is -0.383. The molecule has 0 saturated heterocycles. The van der Waals surface area contributed by atoms with Gasteiger partial charge in [0.1, 0.15) is 17.5 Å². The number of hydrogen-bond donors (Lipinski definition) is 2. The highest BCUT2D eigenvalue weighted by Gasteiger charge is 2.19. The van der Waals surface area contributed by atoms with Crippen LogP contribution in [-0.4, -0.2) is 24.0 Å². The second-order valence-electron chi connectivity index (χ2n) is 4.83. The van der Waals surface area contributed by atoms with Gasteiger partial charge in [-0.3, -0.25) is 14.9 Å². The van der Waals surface area contributed by atoms with Crippen LogP contribution in [0.4, 0.5) is 17.1 Å². The molecule has 0 bridgehead atoms.